The average molecular weight is 357 g/mol. The molecule has 7 heteroatoms. The molecule has 6 nitrogen and oxygen atoms in total. The molecule has 0 aromatic heterocycles. The number of urea groups is 1. The predicted molar refractivity (Wildman–Crippen MR) is 95.0 cm³/mol. The number of ether oxygens (including phenoxy) is 2. The van der Waals surface area contributed by atoms with E-state index in [0.29, 0.717) is 49.9 Å². The quantitative estimate of drug-likeness (QED) is 0.917. The number of hydrogen-bond donors (Lipinski definition) is 1. The number of fused-ring (bicyclic) bond motifs is 1. The molecule has 2 amide bonds. The van der Waals surface area contributed by atoms with Gasteiger partial charge in [0.25, 0.3) is 0 Å². The number of benzene rings is 2. The fourth-order valence-corrected chi connectivity index (χ4v) is 3.27. The van der Waals surface area contributed by atoms with Crippen LogP contribution < -0.4 is 19.7 Å². The number of piperazine rings is 1. The van der Waals surface area contributed by atoms with Gasteiger partial charge in [0.05, 0.1) is 5.69 Å². The summed E-state index contributed by atoms with van der Waals surface area (Å²) in [7, 11) is 0. The van der Waals surface area contributed by atoms with Crippen molar-refractivity contribution in [2.24, 2.45) is 0 Å². The van der Waals surface area contributed by atoms with E-state index in [4.69, 9.17) is 9.47 Å². The summed E-state index contributed by atoms with van der Waals surface area (Å²) in [5.41, 5.74) is 1.47. The zero-order valence-corrected chi connectivity index (χ0v) is 14.3. The second-order valence-electron chi connectivity index (χ2n) is 6.24. The van der Waals surface area contributed by atoms with Gasteiger partial charge >= 0.3 is 6.03 Å². The van der Waals surface area contributed by atoms with Crippen LogP contribution in [0.4, 0.5) is 14.9 Å². The maximum absolute atomic E-state index is 13.9. The van der Waals surface area contributed by atoms with E-state index >= 15 is 0 Å². The summed E-state index contributed by atoms with van der Waals surface area (Å²) in [6.07, 6.45) is 0. The van der Waals surface area contributed by atoms with Crippen molar-refractivity contribution in [2.45, 2.75) is 6.54 Å². The lowest BCUT2D eigenvalue weighted by molar-refractivity contribution is 0.173. The number of rotatable bonds is 3. The lowest BCUT2D eigenvalue weighted by Crippen LogP contribution is -2.51. The first-order valence-corrected chi connectivity index (χ1v) is 8.62. The molecule has 2 aromatic rings. The second kappa shape index (κ2) is 7.11. The van der Waals surface area contributed by atoms with E-state index in [9.17, 15) is 9.18 Å². The molecule has 2 heterocycles. The molecule has 0 atom stereocenters. The smallest absolute Gasteiger partial charge is 0.317 e. The number of hydrogen-bond acceptors (Lipinski definition) is 4. The fraction of sp³-hybridized carbons (Fsp3) is 0.316. The van der Waals surface area contributed by atoms with Crippen molar-refractivity contribution in [1.29, 1.82) is 0 Å². The Hall–Kier alpha value is -2.96. The van der Waals surface area contributed by atoms with Crippen molar-refractivity contribution in [3.05, 3.63) is 53.8 Å². The van der Waals surface area contributed by atoms with Crippen molar-refractivity contribution in [2.75, 3.05) is 37.9 Å². The summed E-state index contributed by atoms with van der Waals surface area (Å²) in [5, 5.41) is 2.92. The summed E-state index contributed by atoms with van der Waals surface area (Å²) < 4.78 is 24.7. The zero-order valence-electron chi connectivity index (χ0n) is 14.3. The highest BCUT2D eigenvalue weighted by atomic mass is 19.1. The summed E-state index contributed by atoms with van der Waals surface area (Å²) in [5.74, 6) is 1.16. The predicted octanol–water partition coefficient (Wildman–Crippen LogP) is 2.59. The monoisotopic (exact) mass is 357 g/mol. The van der Waals surface area contributed by atoms with Crippen LogP contribution in [0, 0.1) is 5.82 Å². The third-order valence-electron chi connectivity index (χ3n) is 4.67. The van der Waals surface area contributed by atoms with Gasteiger partial charge in [0.15, 0.2) is 11.5 Å². The number of para-hydroxylation sites is 2. The van der Waals surface area contributed by atoms with Gasteiger partial charge in [0.1, 0.15) is 5.82 Å². The van der Waals surface area contributed by atoms with Crippen LogP contribution in [0.15, 0.2) is 42.5 Å². The first-order valence-electron chi connectivity index (χ1n) is 8.62. The molecular formula is C19H20FN3O3. The minimum absolute atomic E-state index is 0.130. The Morgan fingerprint density at radius 1 is 1.04 bits per heavy atom. The molecule has 1 fully saturated rings. The first-order chi connectivity index (χ1) is 12.7. The molecule has 0 bridgehead atoms. The molecule has 0 spiro atoms. The van der Waals surface area contributed by atoms with Gasteiger partial charge in [-0.1, -0.05) is 24.3 Å². The fourth-order valence-electron chi connectivity index (χ4n) is 3.27. The van der Waals surface area contributed by atoms with E-state index in [1.807, 2.05) is 29.2 Å². The molecule has 4 rings (SSSR count). The number of nitrogens with zero attached hydrogens (tertiary/aromatic N) is 2. The Kier molecular flexibility index (Phi) is 4.51. The minimum Gasteiger partial charge on any atom is -0.454 e. The van der Waals surface area contributed by atoms with Crippen LogP contribution in [-0.2, 0) is 6.54 Å². The van der Waals surface area contributed by atoms with Gasteiger partial charge in [-0.05, 0) is 18.2 Å². The molecule has 0 radical (unpaired) electrons. The number of anilines is 1. The van der Waals surface area contributed by atoms with Gasteiger partial charge in [0, 0.05) is 38.3 Å². The molecule has 1 N–H and O–H groups in total. The standard InChI is InChI=1S/C19H20FN3O3/c20-15-5-1-2-6-16(15)22-8-10-23(11-9-22)19(24)21-12-14-4-3-7-17-18(14)26-13-25-17/h1-7H,8-13H2,(H,21,24). The van der Waals surface area contributed by atoms with Gasteiger partial charge in [0.2, 0.25) is 6.79 Å². The molecular weight excluding hydrogens is 337 g/mol. The summed E-state index contributed by atoms with van der Waals surface area (Å²) in [4.78, 5) is 16.1. The third-order valence-corrected chi connectivity index (χ3v) is 4.67. The van der Waals surface area contributed by atoms with Crippen molar-refractivity contribution in [3.8, 4) is 11.5 Å². The van der Waals surface area contributed by atoms with Crippen molar-refractivity contribution in [1.82, 2.24) is 10.2 Å². The molecule has 0 aliphatic carbocycles. The average Bonchev–Trinajstić information content (AvgIpc) is 3.16. The second-order valence-corrected chi connectivity index (χ2v) is 6.24. The van der Waals surface area contributed by atoms with Crippen LogP contribution in [0.3, 0.4) is 0 Å². The Balaban J connectivity index is 1.32. The summed E-state index contributed by atoms with van der Waals surface area (Å²) in [6, 6.07) is 12.2. The SMILES string of the molecule is O=C(NCc1cccc2c1OCO2)N1CCN(c2ccccc2F)CC1. The van der Waals surface area contributed by atoms with Gasteiger partial charge in [-0.2, -0.15) is 0 Å². The van der Waals surface area contributed by atoms with Crippen LogP contribution in [0.2, 0.25) is 0 Å². The van der Waals surface area contributed by atoms with E-state index in [2.05, 4.69) is 5.32 Å². The molecule has 136 valence electrons. The maximum atomic E-state index is 13.9. The largest absolute Gasteiger partial charge is 0.454 e. The zero-order chi connectivity index (χ0) is 17.9. The molecule has 2 aliphatic heterocycles. The lowest BCUT2D eigenvalue weighted by atomic mass is 10.2. The van der Waals surface area contributed by atoms with Gasteiger partial charge in [-0.15, -0.1) is 0 Å². The van der Waals surface area contributed by atoms with E-state index in [0.717, 1.165) is 5.56 Å². The number of carbonyl (C=O) groups excluding carboxylic acids is 1. The highest BCUT2D eigenvalue weighted by Gasteiger charge is 2.23. The Morgan fingerprint density at radius 2 is 1.85 bits per heavy atom. The van der Waals surface area contributed by atoms with Gasteiger partial charge in [-0.3, -0.25) is 0 Å². The molecule has 2 aliphatic rings. The number of carbonyl (C=O) groups is 1. The summed E-state index contributed by atoms with van der Waals surface area (Å²) >= 11 is 0. The van der Waals surface area contributed by atoms with E-state index < -0.39 is 0 Å². The number of amides is 2. The molecule has 0 unspecified atom stereocenters. The Labute approximate surface area is 151 Å². The Bertz CT molecular complexity index is 806. The molecule has 26 heavy (non-hydrogen) atoms. The van der Waals surface area contributed by atoms with Crippen molar-refractivity contribution in [3.63, 3.8) is 0 Å². The maximum Gasteiger partial charge on any atom is 0.317 e. The van der Waals surface area contributed by atoms with Crippen LogP contribution in [-0.4, -0.2) is 43.9 Å². The van der Waals surface area contributed by atoms with Crippen LogP contribution in [0.25, 0.3) is 0 Å². The highest BCUT2D eigenvalue weighted by molar-refractivity contribution is 5.74. The number of halogens is 1. The van der Waals surface area contributed by atoms with Crippen LogP contribution >= 0.6 is 0 Å². The van der Waals surface area contributed by atoms with E-state index in [1.165, 1.54) is 6.07 Å². The molecule has 1 saturated heterocycles. The normalized spacial score (nSPS) is 15.9. The van der Waals surface area contributed by atoms with Crippen LogP contribution in [0.5, 0.6) is 11.5 Å². The summed E-state index contributed by atoms with van der Waals surface area (Å²) in [6.45, 7) is 2.88. The van der Waals surface area contributed by atoms with Crippen molar-refractivity contribution < 1.29 is 18.7 Å². The molecule has 2 aromatic carbocycles. The van der Waals surface area contributed by atoms with E-state index in [-0.39, 0.29) is 18.6 Å². The Morgan fingerprint density at radius 3 is 2.65 bits per heavy atom. The third kappa shape index (κ3) is 3.24. The van der Waals surface area contributed by atoms with Crippen molar-refractivity contribution >= 4 is 11.7 Å². The molecule has 0 saturated carbocycles. The lowest BCUT2D eigenvalue weighted by Gasteiger charge is -2.36. The topological polar surface area (TPSA) is 54.0 Å². The first kappa shape index (κ1) is 16.5. The van der Waals surface area contributed by atoms with E-state index in [1.54, 1.807) is 17.0 Å². The van der Waals surface area contributed by atoms with Gasteiger partial charge in [-0.25, -0.2) is 9.18 Å². The highest BCUT2D eigenvalue weighted by Crippen LogP contribution is 2.35. The minimum atomic E-state index is -0.231. The van der Waals surface area contributed by atoms with Crippen LogP contribution in [0.1, 0.15) is 5.56 Å². The number of nitrogens with one attached hydrogen (secondary N) is 1. The van der Waals surface area contributed by atoms with Gasteiger partial charge < -0.3 is 24.6 Å².